The third-order valence-electron chi connectivity index (χ3n) is 5.82. The van der Waals surface area contributed by atoms with Crippen LogP contribution in [0.15, 0.2) is 55.9 Å². The number of thiazole rings is 1. The van der Waals surface area contributed by atoms with E-state index in [0.717, 1.165) is 11.3 Å². The Labute approximate surface area is 225 Å². The minimum absolute atomic E-state index is 0.101. The normalized spacial score (nSPS) is 15.2. The lowest BCUT2D eigenvalue weighted by molar-refractivity contribution is -0.139. The molecule has 0 aliphatic carbocycles. The zero-order valence-electron chi connectivity index (χ0n) is 20.8. The van der Waals surface area contributed by atoms with Gasteiger partial charge in [0.25, 0.3) is 5.56 Å². The molecule has 0 spiro atoms. The maximum absolute atomic E-state index is 13.8. The first-order chi connectivity index (χ1) is 17.7. The molecular weight excluding hydrogens is 564 g/mol. The number of fused-ring (bicyclic) bond motifs is 1. The number of benzene rings is 2. The quantitative estimate of drug-likeness (QED) is 0.422. The monoisotopic (exact) mass is 588 g/mol. The number of nitrogens with zero attached hydrogens (tertiary/aromatic N) is 2. The van der Waals surface area contributed by atoms with E-state index in [1.807, 2.05) is 0 Å². The van der Waals surface area contributed by atoms with E-state index in [4.69, 9.17) is 18.9 Å². The lowest BCUT2D eigenvalue weighted by atomic mass is 9.95. The minimum Gasteiger partial charge on any atom is -0.504 e. The first-order valence-corrected chi connectivity index (χ1v) is 12.8. The molecule has 1 unspecified atom stereocenters. The van der Waals surface area contributed by atoms with E-state index in [-0.39, 0.29) is 29.2 Å². The average Bonchev–Trinajstić information content (AvgIpc) is 3.18. The van der Waals surface area contributed by atoms with Gasteiger partial charge < -0.3 is 24.1 Å². The van der Waals surface area contributed by atoms with Gasteiger partial charge in [-0.3, -0.25) is 9.36 Å². The van der Waals surface area contributed by atoms with E-state index in [1.54, 1.807) is 50.3 Å². The van der Waals surface area contributed by atoms with E-state index < -0.39 is 12.0 Å². The predicted molar refractivity (Wildman–Crippen MR) is 142 cm³/mol. The van der Waals surface area contributed by atoms with Crippen molar-refractivity contribution in [3.8, 4) is 23.0 Å². The summed E-state index contributed by atoms with van der Waals surface area (Å²) in [5.41, 5.74) is 1.32. The third kappa shape index (κ3) is 4.88. The number of methoxy groups -OCH3 is 3. The molecule has 1 atom stereocenters. The number of allylic oxidation sites excluding steroid dienone is 1. The second kappa shape index (κ2) is 10.8. The van der Waals surface area contributed by atoms with Crippen molar-refractivity contribution in [3.63, 3.8) is 0 Å². The Balaban J connectivity index is 1.99. The van der Waals surface area contributed by atoms with Gasteiger partial charge in [-0.25, -0.2) is 9.79 Å². The van der Waals surface area contributed by atoms with Crippen molar-refractivity contribution in [3.05, 3.63) is 76.9 Å². The summed E-state index contributed by atoms with van der Waals surface area (Å²) in [4.78, 5) is 31.8. The number of hydrogen-bond donors (Lipinski definition) is 1. The molecule has 4 rings (SSSR count). The predicted octanol–water partition coefficient (Wildman–Crippen LogP) is 3.29. The standard InChI is InChI=1S/C26H25BrN2O7S/c1-6-36-25(32)21-13(2)28-26-29(22(21)14-7-8-17(33-3)18(10-14)34-4)24(31)20(37-26)11-15-9-16(27)12-19(35-5)23(15)30/h7-12,22,30H,6H2,1-5H3. The molecule has 37 heavy (non-hydrogen) atoms. The van der Waals surface area contributed by atoms with Crippen LogP contribution in [0, 0.1) is 0 Å². The SMILES string of the molecule is CCOC(=O)C1=C(C)N=c2sc(=Cc3cc(Br)cc(OC)c3O)c(=O)n2C1c1ccc(OC)c(OC)c1. The highest BCUT2D eigenvalue weighted by molar-refractivity contribution is 9.10. The summed E-state index contributed by atoms with van der Waals surface area (Å²) < 4.78 is 23.8. The average molecular weight is 589 g/mol. The Bertz CT molecular complexity index is 1590. The molecule has 1 N–H and O–H groups in total. The lowest BCUT2D eigenvalue weighted by Crippen LogP contribution is -2.40. The fraction of sp³-hybridized carbons (Fsp3) is 0.269. The van der Waals surface area contributed by atoms with Crippen LogP contribution in [-0.2, 0) is 9.53 Å². The van der Waals surface area contributed by atoms with Gasteiger partial charge in [-0.15, -0.1) is 0 Å². The summed E-state index contributed by atoms with van der Waals surface area (Å²) in [6.45, 7) is 3.60. The molecule has 194 valence electrons. The molecule has 11 heteroatoms. The largest absolute Gasteiger partial charge is 0.504 e. The van der Waals surface area contributed by atoms with Crippen molar-refractivity contribution < 1.29 is 28.8 Å². The van der Waals surface area contributed by atoms with Crippen LogP contribution in [0.25, 0.3) is 6.08 Å². The van der Waals surface area contributed by atoms with Crippen molar-refractivity contribution in [2.24, 2.45) is 4.99 Å². The highest BCUT2D eigenvalue weighted by Gasteiger charge is 2.34. The fourth-order valence-corrected chi connectivity index (χ4v) is 5.62. The maximum Gasteiger partial charge on any atom is 0.338 e. The second-order valence-corrected chi connectivity index (χ2v) is 9.89. The van der Waals surface area contributed by atoms with Gasteiger partial charge >= 0.3 is 5.97 Å². The summed E-state index contributed by atoms with van der Waals surface area (Å²) >= 11 is 4.55. The number of phenolic OH excluding ortho intramolecular Hbond substituents is 1. The van der Waals surface area contributed by atoms with E-state index in [2.05, 4.69) is 20.9 Å². The summed E-state index contributed by atoms with van der Waals surface area (Å²) in [5, 5.41) is 10.6. The minimum atomic E-state index is -0.817. The Hall–Kier alpha value is -3.57. The van der Waals surface area contributed by atoms with E-state index in [0.29, 0.717) is 42.1 Å². The number of esters is 1. The van der Waals surface area contributed by atoms with E-state index in [1.165, 1.54) is 25.9 Å². The maximum atomic E-state index is 13.8. The summed E-state index contributed by atoms with van der Waals surface area (Å²) in [7, 11) is 4.49. The van der Waals surface area contributed by atoms with Crippen LogP contribution in [0.2, 0.25) is 0 Å². The van der Waals surface area contributed by atoms with Gasteiger partial charge in [-0.05, 0) is 49.8 Å². The molecular formula is C26H25BrN2O7S. The molecule has 1 aliphatic heterocycles. The van der Waals surface area contributed by atoms with Crippen LogP contribution in [0.1, 0.15) is 31.0 Å². The first kappa shape index (κ1) is 26.5. The van der Waals surface area contributed by atoms with Gasteiger partial charge in [0, 0.05) is 10.0 Å². The van der Waals surface area contributed by atoms with Crippen LogP contribution in [0.5, 0.6) is 23.0 Å². The number of halogens is 1. The molecule has 1 aliphatic rings. The lowest BCUT2D eigenvalue weighted by Gasteiger charge is -2.25. The van der Waals surface area contributed by atoms with Crippen LogP contribution >= 0.6 is 27.3 Å². The highest BCUT2D eigenvalue weighted by atomic mass is 79.9. The molecule has 0 amide bonds. The Morgan fingerprint density at radius 3 is 2.49 bits per heavy atom. The molecule has 0 saturated carbocycles. The number of ether oxygens (including phenoxy) is 4. The van der Waals surface area contributed by atoms with Crippen LogP contribution in [-0.4, -0.2) is 43.6 Å². The Kier molecular flexibility index (Phi) is 7.74. The number of carbonyl (C=O) groups excluding carboxylic acids is 1. The number of aromatic hydroxyl groups is 1. The van der Waals surface area contributed by atoms with Gasteiger partial charge in [-0.2, -0.15) is 0 Å². The van der Waals surface area contributed by atoms with Crippen LogP contribution in [0.4, 0.5) is 0 Å². The van der Waals surface area contributed by atoms with Gasteiger partial charge in [0.15, 0.2) is 27.8 Å². The van der Waals surface area contributed by atoms with Gasteiger partial charge in [-0.1, -0.05) is 33.3 Å². The molecule has 0 saturated heterocycles. The first-order valence-electron chi connectivity index (χ1n) is 11.2. The smallest absolute Gasteiger partial charge is 0.338 e. The van der Waals surface area contributed by atoms with Crippen molar-refractivity contribution in [1.82, 2.24) is 4.57 Å². The molecule has 3 aromatic rings. The highest BCUT2D eigenvalue weighted by Crippen LogP contribution is 2.36. The topological polar surface area (TPSA) is 109 Å². The van der Waals surface area contributed by atoms with Crippen molar-refractivity contribution in [2.45, 2.75) is 19.9 Å². The Morgan fingerprint density at radius 1 is 1.14 bits per heavy atom. The number of rotatable bonds is 7. The zero-order chi connectivity index (χ0) is 26.9. The second-order valence-electron chi connectivity index (χ2n) is 7.96. The van der Waals surface area contributed by atoms with Crippen LogP contribution < -0.4 is 29.1 Å². The molecule has 0 bridgehead atoms. The fourth-order valence-electron chi connectivity index (χ4n) is 4.13. The van der Waals surface area contributed by atoms with Gasteiger partial charge in [0.05, 0.1) is 49.8 Å². The van der Waals surface area contributed by atoms with Gasteiger partial charge in [0.2, 0.25) is 0 Å². The summed E-state index contributed by atoms with van der Waals surface area (Å²) in [6.07, 6.45) is 1.57. The molecule has 0 fully saturated rings. The van der Waals surface area contributed by atoms with Gasteiger partial charge in [0.1, 0.15) is 0 Å². The number of aromatic nitrogens is 1. The van der Waals surface area contributed by atoms with E-state index in [9.17, 15) is 14.7 Å². The van der Waals surface area contributed by atoms with Crippen molar-refractivity contribution in [1.29, 1.82) is 0 Å². The summed E-state index contributed by atoms with van der Waals surface area (Å²) in [6, 6.07) is 7.70. The van der Waals surface area contributed by atoms with E-state index >= 15 is 0 Å². The van der Waals surface area contributed by atoms with Crippen LogP contribution in [0.3, 0.4) is 0 Å². The molecule has 0 radical (unpaired) electrons. The third-order valence-corrected chi connectivity index (χ3v) is 7.26. The molecule has 9 nitrogen and oxygen atoms in total. The molecule has 2 aromatic carbocycles. The molecule has 1 aromatic heterocycles. The number of hydrogen-bond acceptors (Lipinski definition) is 9. The zero-order valence-corrected chi connectivity index (χ0v) is 23.2. The molecule has 2 heterocycles. The number of carbonyl (C=O) groups is 1. The number of phenols is 1. The Morgan fingerprint density at radius 2 is 1.84 bits per heavy atom. The van der Waals surface area contributed by atoms with Crippen molar-refractivity contribution in [2.75, 3.05) is 27.9 Å². The summed E-state index contributed by atoms with van der Waals surface area (Å²) in [5.74, 6) is 0.558. The van der Waals surface area contributed by atoms with Crippen molar-refractivity contribution >= 4 is 39.3 Å².